The van der Waals surface area contributed by atoms with Gasteiger partial charge in [0.25, 0.3) is 0 Å². The number of hydrogen-bond acceptors (Lipinski definition) is 3. The second-order valence-electron chi connectivity index (χ2n) is 6.15. The highest BCUT2D eigenvalue weighted by atomic mass is 16.4. The van der Waals surface area contributed by atoms with Gasteiger partial charge >= 0.3 is 5.97 Å². The molecule has 2 atom stereocenters. The molecule has 5 heteroatoms. The molecule has 2 aromatic rings. The van der Waals surface area contributed by atoms with Crippen molar-refractivity contribution < 1.29 is 14.7 Å². The molecule has 1 aliphatic heterocycles. The number of amides is 1. The van der Waals surface area contributed by atoms with E-state index in [-0.39, 0.29) is 11.8 Å². The zero-order valence-electron chi connectivity index (χ0n) is 13.8. The van der Waals surface area contributed by atoms with Crippen LogP contribution < -0.4 is 0 Å². The molecule has 128 valence electrons. The smallest absolute Gasteiger partial charge is 0.307 e. The van der Waals surface area contributed by atoms with Gasteiger partial charge < -0.3 is 10.0 Å². The van der Waals surface area contributed by atoms with Crippen LogP contribution in [0.2, 0.25) is 0 Å². The van der Waals surface area contributed by atoms with Crippen molar-refractivity contribution in [2.75, 3.05) is 13.1 Å². The highest BCUT2D eigenvalue weighted by Crippen LogP contribution is 2.32. The molecule has 1 amide bonds. The Bertz CT molecular complexity index is 759. The molecule has 1 N–H and O–H groups in total. The number of carbonyl (C=O) groups excluding carboxylic acids is 1. The number of aromatic nitrogens is 1. The fourth-order valence-electron chi connectivity index (χ4n) is 3.23. The van der Waals surface area contributed by atoms with Gasteiger partial charge in [0.2, 0.25) is 5.91 Å². The second-order valence-corrected chi connectivity index (χ2v) is 6.15. The van der Waals surface area contributed by atoms with Crippen molar-refractivity contribution in [3.63, 3.8) is 0 Å². The number of rotatable bonds is 4. The van der Waals surface area contributed by atoms with Crippen LogP contribution in [-0.2, 0) is 9.59 Å². The molecule has 2 unspecified atom stereocenters. The Labute approximate surface area is 146 Å². The molecule has 2 heterocycles. The zero-order valence-corrected chi connectivity index (χ0v) is 13.8. The molecule has 0 aliphatic carbocycles. The van der Waals surface area contributed by atoms with Crippen molar-refractivity contribution in [3.8, 4) is 0 Å². The molecule has 3 rings (SSSR count). The van der Waals surface area contributed by atoms with E-state index in [4.69, 9.17) is 0 Å². The Balaban J connectivity index is 1.74. The predicted molar refractivity (Wildman–Crippen MR) is 94.8 cm³/mol. The normalized spacial score (nSPS) is 20.6. The van der Waals surface area contributed by atoms with E-state index in [2.05, 4.69) is 4.98 Å². The van der Waals surface area contributed by atoms with Crippen LogP contribution in [0.5, 0.6) is 0 Å². The minimum Gasteiger partial charge on any atom is -0.481 e. The highest BCUT2D eigenvalue weighted by molar-refractivity contribution is 5.92. The first-order valence-corrected chi connectivity index (χ1v) is 8.30. The van der Waals surface area contributed by atoms with E-state index in [0.717, 1.165) is 11.1 Å². The maximum absolute atomic E-state index is 12.5. The third-order valence-corrected chi connectivity index (χ3v) is 4.57. The number of carboxylic acids is 1. The molecule has 1 aliphatic rings. The summed E-state index contributed by atoms with van der Waals surface area (Å²) in [6, 6.07) is 13.3. The maximum Gasteiger partial charge on any atom is 0.307 e. The topological polar surface area (TPSA) is 70.5 Å². The number of pyridine rings is 1. The Morgan fingerprint density at radius 3 is 2.64 bits per heavy atom. The fraction of sp³-hybridized carbons (Fsp3) is 0.250. The molecular weight excluding hydrogens is 316 g/mol. The molecule has 1 fully saturated rings. The van der Waals surface area contributed by atoms with Crippen molar-refractivity contribution >= 4 is 18.0 Å². The van der Waals surface area contributed by atoms with E-state index >= 15 is 0 Å². The van der Waals surface area contributed by atoms with Crippen LogP contribution in [0.4, 0.5) is 0 Å². The molecule has 5 nitrogen and oxygen atoms in total. The predicted octanol–water partition coefficient (Wildman–Crippen LogP) is 2.81. The molecule has 0 saturated carbocycles. The van der Waals surface area contributed by atoms with E-state index in [9.17, 15) is 14.7 Å². The Morgan fingerprint density at radius 2 is 1.96 bits per heavy atom. The van der Waals surface area contributed by atoms with Gasteiger partial charge in [-0.15, -0.1) is 0 Å². The molecule has 0 bridgehead atoms. The van der Waals surface area contributed by atoms with E-state index in [1.165, 1.54) is 6.08 Å². The second kappa shape index (κ2) is 7.75. The van der Waals surface area contributed by atoms with Crippen molar-refractivity contribution in [2.24, 2.45) is 5.92 Å². The minimum atomic E-state index is -0.799. The summed E-state index contributed by atoms with van der Waals surface area (Å²) in [4.78, 5) is 29.8. The summed E-state index contributed by atoms with van der Waals surface area (Å²) in [5, 5.41) is 9.52. The average molecular weight is 336 g/mol. The lowest BCUT2D eigenvalue weighted by atomic mass is 9.80. The first kappa shape index (κ1) is 16.9. The summed E-state index contributed by atoms with van der Waals surface area (Å²) < 4.78 is 0. The van der Waals surface area contributed by atoms with Gasteiger partial charge in [0.1, 0.15) is 0 Å². The fourth-order valence-corrected chi connectivity index (χ4v) is 3.23. The van der Waals surface area contributed by atoms with E-state index in [0.29, 0.717) is 19.5 Å². The lowest BCUT2D eigenvalue weighted by Gasteiger charge is -2.36. The quantitative estimate of drug-likeness (QED) is 0.872. The Kier molecular flexibility index (Phi) is 5.23. The van der Waals surface area contributed by atoms with Crippen LogP contribution in [0.25, 0.3) is 6.08 Å². The molecule has 1 aromatic heterocycles. The third-order valence-electron chi connectivity index (χ3n) is 4.57. The number of hydrogen-bond donors (Lipinski definition) is 1. The van der Waals surface area contributed by atoms with E-state index < -0.39 is 11.9 Å². The minimum absolute atomic E-state index is 0.103. The van der Waals surface area contributed by atoms with Crippen LogP contribution in [0.15, 0.2) is 60.9 Å². The third kappa shape index (κ3) is 4.12. The van der Waals surface area contributed by atoms with E-state index in [1.807, 2.05) is 42.5 Å². The largest absolute Gasteiger partial charge is 0.481 e. The Morgan fingerprint density at radius 1 is 1.16 bits per heavy atom. The van der Waals surface area contributed by atoms with Gasteiger partial charge in [-0.05, 0) is 29.7 Å². The van der Waals surface area contributed by atoms with Gasteiger partial charge in [0.05, 0.1) is 5.92 Å². The summed E-state index contributed by atoms with van der Waals surface area (Å²) >= 11 is 0. The number of aliphatic carboxylic acids is 1. The summed E-state index contributed by atoms with van der Waals surface area (Å²) in [6.45, 7) is 0.869. The van der Waals surface area contributed by atoms with Gasteiger partial charge in [0.15, 0.2) is 0 Å². The summed E-state index contributed by atoms with van der Waals surface area (Å²) in [5.41, 5.74) is 1.82. The van der Waals surface area contributed by atoms with Gasteiger partial charge in [-0.3, -0.25) is 14.6 Å². The first-order chi connectivity index (χ1) is 12.1. The molecule has 0 spiro atoms. The van der Waals surface area contributed by atoms with Crippen LogP contribution in [0.1, 0.15) is 23.5 Å². The SMILES string of the molecule is O=C(O)C1CCN(C(=O)/C=C/c2cccnc2)CC1c1ccccc1. The molecule has 25 heavy (non-hydrogen) atoms. The van der Waals surface area contributed by atoms with Crippen molar-refractivity contribution in [1.29, 1.82) is 0 Å². The molecule has 0 radical (unpaired) electrons. The van der Waals surface area contributed by atoms with Crippen LogP contribution in [0, 0.1) is 5.92 Å². The number of benzene rings is 1. The number of piperidine rings is 1. The maximum atomic E-state index is 12.5. The summed E-state index contributed by atoms with van der Waals surface area (Å²) in [7, 11) is 0. The molecule has 1 saturated heterocycles. The first-order valence-electron chi connectivity index (χ1n) is 8.30. The Hall–Kier alpha value is -2.95. The standard InChI is InChI=1S/C20H20N2O3/c23-19(9-8-15-5-4-11-21-13-15)22-12-10-17(20(24)25)18(14-22)16-6-2-1-3-7-16/h1-9,11,13,17-18H,10,12,14H2,(H,24,25)/b9-8+. The van der Waals surface area contributed by atoms with Gasteiger partial charge in [-0.1, -0.05) is 36.4 Å². The number of carboxylic acid groups (broad SMARTS) is 1. The van der Waals surface area contributed by atoms with Crippen molar-refractivity contribution in [3.05, 3.63) is 72.1 Å². The number of carbonyl (C=O) groups is 2. The summed E-state index contributed by atoms with van der Waals surface area (Å²) in [5.74, 6) is -1.56. The number of nitrogens with zero attached hydrogens (tertiary/aromatic N) is 2. The van der Waals surface area contributed by atoms with E-state index in [1.54, 1.807) is 23.4 Å². The molecular formula is C20H20N2O3. The van der Waals surface area contributed by atoms with Crippen LogP contribution in [0.3, 0.4) is 0 Å². The van der Waals surface area contributed by atoms with Crippen LogP contribution in [-0.4, -0.2) is 40.0 Å². The zero-order chi connectivity index (χ0) is 17.6. The summed E-state index contributed by atoms with van der Waals surface area (Å²) in [6.07, 6.45) is 7.09. The van der Waals surface area contributed by atoms with Crippen molar-refractivity contribution in [1.82, 2.24) is 9.88 Å². The lowest BCUT2D eigenvalue weighted by molar-refractivity contribution is -0.146. The monoisotopic (exact) mass is 336 g/mol. The van der Waals surface area contributed by atoms with Gasteiger partial charge in [0, 0.05) is 37.5 Å². The van der Waals surface area contributed by atoms with Gasteiger partial charge in [-0.2, -0.15) is 0 Å². The lowest BCUT2D eigenvalue weighted by Crippen LogP contribution is -2.44. The number of likely N-dealkylation sites (tertiary alicyclic amines) is 1. The van der Waals surface area contributed by atoms with Crippen LogP contribution >= 0.6 is 0 Å². The highest BCUT2D eigenvalue weighted by Gasteiger charge is 2.36. The molecule has 1 aromatic carbocycles. The van der Waals surface area contributed by atoms with Gasteiger partial charge in [-0.25, -0.2) is 0 Å². The average Bonchev–Trinajstić information content (AvgIpc) is 2.67. The van der Waals surface area contributed by atoms with Crippen molar-refractivity contribution in [2.45, 2.75) is 12.3 Å².